The van der Waals surface area contributed by atoms with Crippen LogP contribution in [0.25, 0.3) is 0 Å². The van der Waals surface area contributed by atoms with E-state index in [1.807, 2.05) is 12.1 Å². The minimum absolute atomic E-state index is 0.322. The van der Waals surface area contributed by atoms with Crippen LogP contribution in [-0.2, 0) is 0 Å². The summed E-state index contributed by atoms with van der Waals surface area (Å²) < 4.78 is 10.8. The van der Waals surface area contributed by atoms with E-state index in [-0.39, 0.29) is 0 Å². The molecule has 0 aliphatic carbocycles. The zero-order valence-corrected chi connectivity index (χ0v) is 12.9. The Labute approximate surface area is 121 Å². The summed E-state index contributed by atoms with van der Waals surface area (Å²) in [6, 6.07) is 6.93. The highest BCUT2D eigenvalue weighted by molar-refractivity contribution is 5.42. The first-order chi connectivity index (χ1) is 9.60. The Balaban J connectivity index is 2.22. The molecule has 1 heterocycles. The maximum atomic E-state index is 5.82. The fourth-order valence-corrected chi connectivity index (χ4v) is 3.22. The summed E-state index contributed by atoms with van der Waals surface area (Å²) in [5, 5.41) is 0. The summed E-state index contributed by atoms with van der Waals surface area (Å²) in [5.74, 6) is 2.32. The van der Waals surface area contributed by atoms with E-state index in [1.165, 1.54) is 12.0 Å². The molecule has 1 saturated heterocycles. The van der Waals surface area contributed by atoms with Crippen LogP contribution in [0.2, 0.25) is 0 Å². The van der Waals surface area contributed by atoms with Crippen LogP contribution in [0.5, 0.6) is 11.5 Å². The van der Waals surface area contributed by atoms with E-state index in [9.17, 15) is 0 Å². The van der Waals surface area contributed by atoms with E-state index >= 15 is 0 Å². The number of methoxy groups -OCH3 is 2. The zero-order valence-electron chi connectivity index (χ0n) is 12.9. The lowest BCUT2D eigenvalue weighted by atomic mass is 10.0. The lowest BCUT2D eigenvalue weighted by Crippen LogP contribution is -2.31. The molecule has 20 heavy (non-hydrogen) atoms. The second-order valence-corrected chi connectivity index (χ2v) is 5.67. The van der Waals surface area contributed by atoms with Gasteiger partial charge in [-0.15, -0.1) is 0 Å². The van der Waals surface area contributed by atoms with Crippen molar-refractivity contribution in [1.29, 1.82) is 0 Å². The summed E-state index contributed by atoms with van der Waals surface area (Å²) in [4.78, 5) is 2.52. The minimum Gasteiger partial charge on any atom is -0.497 e. The van der Waals surface area contributed by atoms with Crippen molar-refractivity contribution in [2.24, 2.45) is 11.7 Å². The smallest absolute Gasteiger partial charge is 0.127 e. The Morgan fingerprint density at radius 3 is 2.65 bits per heavy atom. The van der Waals surface area contributed by atoms with Gasteiger partial charge in [-0.2, -0.15) is 0 Å². The van der Waals surface area contributed by atoms with Crippen molar-refractivity contribution in [3.63, 3.8) is 0 Å². The molecule has 4 heteroatoms. The molecule has 0 amide bonds. The van der Waals surface area contributed by atoms with Crippen molar-refractivity contribution in [2.75, 3.05) is 27.3 Å². The van der Waals surface area contributed by atoms with E-state index in [0.717, 1.165) is 24.6 Å². The largest absolute Gasteiger partial charge is 0.497 e. The molecule has 0 radical (unpaired) electrons. The summed E-state index contributed by atoms with van der Waals surface area (Å²) in [6.07, 6.45) is 1.18. The molecule has 2 N–H and O–H groups in total. The third-order valence-electron chi connectivity index (χ3n) is 4.43. The Morgan fingerprint density at radius 1 is 1.35 bits per heavy atom. The highest BCUT2D eigenvalue weighted by atomic mass is 16.5. The van der Waals surface area contributed by atoms with Crippen molar-refractivity contribution in [2.45, 2.75) is 32.4 Å². The number of hydrogen-bond acceptors (Lipinski definition) is 4. The maximum absolute atomic E-state index is 5.82. The Kier molecular flexibility index (Phi) is 4.89. The number of nitrogens with two attached hydrogens (primary N) is 1. The fraction of sp³-hybridized carbons (Fsp3) is 0.625. The van der Waals surface area contributed by atoms with Gasteiger partial charge in [0.25, 0.3) is 0 Å². The SMILES string of the molecule is COc1ccc(C(C)N2CC(CN)CC2C)c(OC)c1. The zero-order chi connectivity index (χ0) is 14.7. The third kappa shape index (κ3) is 2.91. The second kappa shape index (κ2) is 6.46. The molecule has 4 nitrogen and oxygen atoms in total. The normalized spacial score (nSPS) is 24.6. The predicted molar refractivity (Wildman–Crippen MR) is 81.3 cm³/mol. The molecule has 1 aromatic rings. The molecule has 2 rings (SSSR count). The van der Waals surface area contributed by atoms with Crippen LogP contribution < -0.4 is 15.2 Å². The molecule has 1 aromatic carbocycles. The average molecular weight is 278 g/mol. The molecule has 1 aliphatic rings. The van der Waals surface area contributed by atoms with Gasteiger partial charge in [0.05, 0.1) is 14.2 Å². The standard InChI is InChI=1S/C16H26N2O2/c1-11-7-13(9-17)10-18(11)12(2)15-6-5-14(19-3)8-16(15)20-4/h5-6,8,11-13H,7,9-10,17H2,1-4H3. The molecule has 0 aromatic heterocycles. The Hall–Kier alpha value is -1.26. The molecule has 0 saturated carbocycles. The van der Waals surface area contributed by atoms with Crippen molar-refractivity contribution in [3.05, 3.63) is 23.8 Å². The van der Waals surface area contributed by atoms with Gasteiger partial charge < -0.3 is 15.2 Å². The third-order valence-corrected chi connectivity index (χ3v) is 4.43. The molecule has 3 atom stereocenters. The Bertz CT molecular complexity index is 450. The molecule has 1 aliphatic heterocycles. The number of ether oxygens (including phenoxy) is 2. The van der Waals surface area contributed by atoms with E-state index < -0.39 is 0 Å². The van der Waals surface area contributed by atoms with Gasteiger partial charge in [-0.3, -0.25) is 4.90 Å². The highest BCUT2D eigenvalue weighted by Crippen LogP contribution is 2.37. The van der Waals surface area contributed by atoms with E-state index in [2.05, 4.69) is 24.8 Å². The summed E-state index contributed by atoms with van der Waals surface area (Å²) in [5.41, 5.74) is 7.03. The van der Waals surface area contributed by atoms with E-state index in [1.54, 1.807) is 14.2 Å². The molecule has 1 fully saturated rings. The van der Waals surface area contributed by atoms with E-state index in [4.69, 9.17) is 15.2 Å². The summed E-state index contributed by atoms with van der Waals surface area (Å²) in [7, 11) is 3.38. The molecule has 0 bridgehead atoms. The van der Waals surface area contributed by atoms with Gasteiger partial charge in [-0.05, 0) is 38.8 Å². The van der Waals surface area contributed by atoms with Gasteiger partial charge >= 0.3 is 0 Å². The second-order valence-electron chi connectivity index (χ2n) is 5.67. The minimum atomic E-state index is 0.322. The predicted octanol–water partition coefficient (Wildman–Crippen LogP) is 2.43. The lowest BCUT2D eigenvalue weighted by Gasteiger charge is -2.30. The first-order valence-corrected chi connectivity index (χ1v) is 7.28. The van der Waals surface area contributed by atoms with Crippen LogP contribution in [0.15, 0.2) is 18.2 Å². The van der Waals surface area contributed by atoms with Crippen LogP contribution in [0, 0.1) is 5.92 Å². The molecule has 3 unspecified atom stereocenters. The van der Waals surface area contributed by atoms with Gasteiger partial charge in [0, 0.05) is 30.3 Å². The quantitative estimate of drug-likeness (QED) is 0.898. The van der Waals surface area contributed by atoms with Crippen molar-refractivity contribution in [3.8, 4) is 11.5 Å². The number of likely N-dealkylation sites (tertiary alicyclic amines) is 1. The first kappa shape index (κ1) is 15.1. The van der Waals surface area contributed by atoms with Gasteiger partial charge in [0.2, 0.25) is 0 Å². The van der Waals surface area contributed by atoms with Gasteiger partial charge in [-0.1, -0.05) is 6.07 Å². The van der Waals surface area contributed by atoms with Crippen LogP contribution in [0.1, 0.15) is 31.9 Å². The average Bonchev–Trinajstić information content (AvgIpc) is 2.86. The van der Waals surface area contributed by atoms with Gasteiger partial charge in [0.15, 0.2) is 0 Å². The summed E-state index contributed by atoms with van der Waals surface area (Å²) in [6.45, 7) is 6.35. The molecular formula is C16H26N2O2. The number of hydrogen-bond donors (Lipinski definition) is 1. The molecule has 112 valence electrons. The number of benzene rings is 1. The van der Waals surface area contributed by atoms with Gasteiger partial charge in [0.1, 0.15) is 11.5 Å². The first-order valence-electron chi connectivity index (χ1n) is 7.28. The maximum Gasteiger partial charge on any atom is 0.127 e. The van der Waals surface area contributed by atoms with E-state index in [0.29, 0.717) is 18.0 Å². The number of rotatable bonds is 5. The molecular weight excluding hydrogens is 252 g/mol. The highest BCUT2D eigenvalue weighted by Gasteiger charge is 2.32. The van der Waals surface area contributed by atoms with Crippen LogP contribution >= 0.6 is 0 Å². The van der Waals surface area contributed by atoms with Crippen molar-refractivity contribution in [1.82, 2.24) is 4.90 Å². The lowest BCUT2D eigenvalue weighted by molar-refractivity contribution is 0.197. The summed E-state index contributed by atoms with van der Waals surface area (Å²) >= 11 is 0. The Morgan fingerprint density at radius 2 is 2.10 bits per heavy atom. The monoisotopic (exact) mass is 278 g/mol. The van der Waals surface area contributed by atoms with Crippen LogP contribution in [0.4, 0.5) is 0 Å². The van der Waals surface area contributed by atoms with Crippen molar-refractivity contribution >= 4 is 0 Å². The fourth-order valence-electron chi connectivity index (χ4n) is 3.22. The van der Waals surface area contributed by atoms with Crippen LogP contribution in [-0.4, -0.2) is 38.3 Å². The van der Waals surface area contributed by atoms with Crippen molar-refractivity contribution < 1.29 is 9.47 Å². The van der Waals surface area contributed by atoms with Gasteiger partial charge in [-0.25, -0.2) is 0 Å². The number of nitrogens with zero attached hydrogens (tertiary/aromatic N) is 1. The molecule has 0 spiro atoms. The van der Waals surface area contributed by atoms with Crippen LogP contribution in [0.3, 0.4) is 0 Å². The topological polar surface area (TPSA) is 47.7 Å².